The number of rotatable bonds is 6. The van der Waals surface area contributed by atoms with Gasteiger partial charge in [0.25, 0.3) is 0 Å². The second-order valence-corrected chi connectivity index (χ2v) is 8.40. The molecule has 1 atom stereocenters. The maximum Gasteiger partial charge on any atom is 0.245 e. The molecule has 4 aromatic rings. The van der Waals surface area contributed by atoms with Gasteiger partial charge in [-0.3, -0.25) is 9.89 Å². The first-order chi connectivity index (χ1) is 18.1. The van der Waals surface area contributed by atoms with E-state index in [2.05, 4.69) is 60.8 Å². The van der Waals surface area contributed by atoms with E-state index in [1.807, 2.05) is 22.8 Å². The van der Waals surface area contributed by atoms with Gasteiger partial charge in [-0.2, -0.15) is 19.7 Å². The Labute approximate surface area is 212 Å². The summed E-state index contributed by atoms with van der Waals surface area (Å²) in [4.78, 5) is 19.9. The summed E-state index contributed by atoms with van der Waals surface area (Å²) in [5.41, 5.74) is 2.56. The Morgan fingerprint density at radius 3 is 2.76 bits per heavy atom. The van der Waals surface area contributed by atoms with E-state index in [1.54, 1.807) is 0 Å². The Kier molecular flexibility index (Phi) is 7.91. The van der Waals surface area contributed by atoms with Crippen LogP contribution in [0.4, 0.5) is 27.7 Å². The molecule has 5 heterocycles. The third-order valence-electron chi connectivity index (χ3n) is 5.85. The molecule has 37 heavy (non-hydrogen) atoms. The smallest absolute Gasteiger partial charge is 0.245 e. The Morgan fingerprint density at radius 1 is 1.24 bits per heavy atom. The lowest BCUT2D eigenvalue weighted by Crippen LogP contribution is -2.23. The molecule has 188 valence electrons. The molecule has 0 aromatic carbocycles. The molecule has 2 aliphatic rings. The number of nitrogens with zero attached hydrogens (tertiary/aromatic N) is 7. The summed E-state index contributed by atoms with van der Waals surface area (Å²) in [7, 11) is 0. The second kappa shape index (κ2) is 11.6. The normalized spacial score (nSPS) is 16.1. The molecular formula is C25H25FN10O. The number of amides is 1. The van der Waals surface area contributed by atoms with Crippen LogP contribution in [-0.4, -0.2) is 49.3 Å². The van der Waals surface area contributed by atoms with E-state index in [-0.39, 0.29) is 5.92 Å². The number of hydrogen-bond donors (Lipinski definition) is 3. The van der Waals surface area contributed by atoms with Crippen molar-refractivity contribution in [2.24, 2.45) is 5.92 Å². The number of halogens is 1. The van der Waals surface area contributed by atoms with Crippen LogP contribution in [0.2, 0.25) is 0 Å². The summed E-state index contributed by atoms with van der Waals surface area (Å²) in [5.74, 6) is 2.26. The van der Waals surface area contributed by atoms with Crippen molar-refractivity contribution < 1.29 is 9.18 Å². The average Bonchev–Trinajstić information content (AvgIpc) is 3.29. The Hall–Kier alpha value is -4.97. The van der Waals surface area contributed by atoms with Crippen LogP contribution in [-0.2, 0) is 4.79 Å². The standard InChI is InChI=1S/C17H18N8.C6H5FN2O.C2H2/c18-9-11-5-7-24(10-11)17-20-16(14-2-1-6-25(14)23-17)19-15-8-13(21-22-15)12-3-4-12;7-6-2-1-5(3-8-6)9-4-10;1-2/h1-2,6,8,11-12H,3-5,7,10H2,(H2,19,20,21,22,23);1-4H,(H,9,10);1-2H/t11-;;/m0../s1. The Bertz CT molecular complexity index is 1400. The zero-order valence-electron chi connectivity index (χ0n) is 19.9. The third-order valence-corrected chi connectivity index (χ3v) is 5.85. The number of terminal acetylenes is 1. The Balaban J connectivity index is 0.000000225. The van der Waals surface area contributed by atoms with Crippen LogP contribution in [0.25, 0.3) is 5.52 Å². The van der Waals surface area contributed by atoms with Crippen LogP contribution >= 0.6 is 0 Å². The predicted molar refractivity (Wildman–Crippen MR) is 137 cm³/mol. The summed E-state index contributed by atoms with van der Waals surface area (Å²) in [6, 6.07) is 10.9. The molecule has 11 nitrogen and oxygen atoms in total. The number of nitriles is 1. The number of anilines is 4. The first kappa shape index (κ1) is 25.1. The molecule has 3 N–H and O–H groups in total. The van der Waals surface area contributed by atoms with E-state index >= 15 is 0 Å². The lowest BCUT2D eigenvalue weighted by molar-refractivity contribution is -0.105. The average molecular weight is 501 g/mol. The van der Waals surface area contributed by atoms with Crippen molar-refractivity contribution in [3.8, 4) is 18.9 Å². The highest BCUT2D eigenvalue weighted by Gasteiger charge is 2.27. The monoisotopic (exact) mass is 500 g/mol. The van der Waals surface area contributed by atoms with E-state index in [9.17, 15) is 9.18 Å². The molecular weight excluding hydrogens is 475 g/mol. The number of hydrogen-bond acceptors (Lipinski definition) is 8. The van der Waals surface area contributed by atoms with Gasteiger partial charge >= 0.3 is 0 Å². The summed E-state index contributed by atoms with van der Waals surface area (Å²) in [6.07, 6.45) is 15.0. The third kappa shape index (κ3) is 6.18. The highest BCUT2D eigenvalue weighted by Crippen LogP contribution is 2.39. The molecule has 0 unspecified atom stereocenters. The van der Waals surface area contributed by atoms with Gasteiger partial charge in [0.15, 0.2) is 11.6 Å². The van der Waals surface area contributed by atoms with Gasteiger partial charge in [-0.1, -0.05) is 0 Å². The van der Waals surface area contributed by atoms with Crippen molar-refractivity contribution in [1.29, 1.82) is 5.26 Å². The van der Waals surface area contributed by atoms with Crippen LogP contribution < -0.4 is 15.5 Å². The van der Waals surface area contributed by atoms with Gasteiger partial charge in [-0.05, 0) is 43.5 Å². The van der Waals surface area contributed by atoms with Gasteiger partial charge in [-0.15, -0.1) is 17.9 Å². The number of fused-ring (bicyclic) bond motifs is 1. The summed E-state index contributed by atoms with van der Waals surface area (Å²) < 4.78 is 13.9. The molecule has 4 aromatic heterocycles. The zero-order chi connectivity index (χ0) is 26.2. The minimum atomic E-state index is -0.559. The molecule has 1 aliphatic carbocycles. The minimum absolute atomic E-state index is 0.0489. The van der Waals surface area contributed by atoms with Gasteiger partial charge in [-0.25, -0.2) is 9.50 Å². The maximum absolute atomic E-state index is 12.1. The van der Waals surface area contributed by atoms with E-state index in [0.29, 0.717) is 30.5 Å². The lowest BCUT2D eigenvalue weighted by atomic mass is 10.1. The van der Waals surface area contributed by atoms with E-state index in [1.165, 1.54) is 36.9 Å². The van der Waals surface area contributed by atoms with Crippen LogP contribution in [0.5, 0.6) is 0 Å². The Morgan fingerprint density at radius 2 is 2.08 bits per heavy atom. The van der Waals surface area contributed by atoms with Gasteiger partial charge in [0.2, 0.25) is 18.3 Å². The van der Waals surface area contributed by atoms with Gasteiger partial charge in [0.05, 0.1) is 23.9 Å². The van der Waals surface area contributed by atoms with Crippen molar-refractivity contribution in [2.75, 3.05) is 28.6 Å². The van der Waals surface area contributed by atoms with Crippen LogP contribution in [0, 0.1) is 36.0 Å². The summed E-state index contributed by atoms with van der Waals surface area (Å²) >= 11 is 0. The lowest BCUT2D eigenvalue weighted by Gasteiger charge is -2.16. The molecule has 0 bridgehead atoms. The number of H-pyrrole nitrogens is 1. The largest absolute Gasteiger partial charge is 0.338 e. The molecule has 2 fully saturated rings. The molecule has 12 heteroatoms. The van der Waals surface area contributed by atoms with Crippen molar-refractivity contribution in [1.82, 2.24) is 29.8 Å². The number of pyridine rings is 1. The minimum Gasteiger partial charge on any atom is -0.338 e. The highest BCUT2D eigenvalue weighted by atomic mass is 19.1. The molecule has 0 radical (unpaired) electrons. The van der Waals surface area contributed by atoms with Crippen molar-refractivity contribution in [3.63, 3.8) is 0 Å². The van der Waals surface area contributed by atoms with Gasteiger partial charge < -0.3 is 15.5 Å². The van der Waals surface area contributed by atoms with Crippen molar-refractivity contribution >= 4 is 35.2 Å². The quantitative estimate of drug-likeness (QED) is 0.208. The molecule has 6 rings (SSSR count). The first-order valence-corrected chi connectivity index (χ1v) is 11.6. The molecule has 1 aliphatic heterocycles. The molecule has 1 amide bonds. The van der Waals surface area contributed by atoms with Crippen molar-refractivity contribution in [3.05, 3.63) is 54.4 Å². The summed E-state index contributed by atoms with van der Waals surface area (Å²) in [5, 5.41) is 26.8. The number of nitrogens with one attached hydrogen (secondary N) is 3. The second-order valence-electron chi connectivity index (χ2n) is 8.40. The molecule has 1 saturated carbocycles. The van der Waals surface area contributed by atoms with Crippen LogP contribution in [0.1, 0.15) is 30.9 Å². The topological polar surface area (TPSA) is 140 Å². The summed E-state index contributed by atoms with van der Waals surface area (Å²) in [6.45, 7) is 1.48. The fourth-order valence-corrected chi connectivity index (χ4v) is 3.85. The number of carbonyl (C=O) groups excluding carboxylic acids is 1. The SMILES string of the molecule is C#C.N#C[C@@H]1CCN(c2nc(Nc3cc(C4CC4)[nH]n3)c3cccn3n2)C1.O=CNc1ccc(F)nc1. The zero-order valence-corrected chi connectivity index (χ0v) is 19.9. The predicted octanol–water partition coefficient (Wildman–Crippen LogP) is 3.46. The first-order valence-electron chi connectivity index (χ1n) is 11.6. The fourth-order valence-electron chi connectivity index (χ4n) is 3.85. The molecule has 0 spiro atoms. The highest BCUT2D eigenvalue weighted by molar-refractivity contribution is 5.73. The molecule has 1 saturated heterocycles. The van der Waals surface area contributed by atoms with Crippen molar-refractivity contribution in [2.45, 2.75) is 25.2 Å². The van der Waals surface area contributed by atoms with Gasteiger partial charge in [0, 0.05) is 37.0 Å². The number of aromatic amines is 1. The number of aromatic nitrogens is 6. The fraction of sp³-hybridized carbons (Fsp3) is 0.280. The van der Waals surface area contributed by atoms with Gasteiger partial charge in [0.1, 0.15) is 5.52 Å². The number of carbonyl (C=O) groups is 1. The van der Waals surface area contributed by atoms with E-state index in [0.717, 1.165) is 30.1 Å². The maximum atomic E-state index is 12.1. The van der Waals surface area contributed by atoms with E-state index in [4.69, 9.17) is 10.2 Å². The van der Waals surface area contributed by atoms with E-state index < -0.39 is 5.95 Å². The van der Waals surface area contributed by atoms with Crippen LogP contribution in [0.3, 0.4) is 0 Å². The van der Waals surface area contributed by atoms with Crippen LogP contribution in [0.15, 0.2) is 42.7 Å².